The van der Waals surface area contributed by atoms with E-state index in [4.69, 9.17) is 5.73 Å². The summed E-state index contributed by atoms with van der Waals surface area (Å²) in [6, 6.07) is 0. The smallest absolute Gasteiger partial charge is 0.202 e. The van der Waals surface area contributed by atoms with Crippen LogP contribution >= 0.6 is 0 Å². The molecule has 3 heterocycles. The molecule has 110 valence electrons. The maximum absolute atomic E-state index is 6.14. The lowest BCUT2D eigenvalue weighted by atomic mass is 10.1. The molecule has 1 atom stereocenters. The average Bonchev–Trinajstić information content (AvgIpc) is 3.02. The van der Waals surface area contributed by atoms with Gasteiger partial charge in [-0.15, -0.1) is 0 Å². The van der Waals surface area contributed by atoms with Gasteiger partial charge in [0.2, 0.25) is 5.95 Å². The van der Waals surface area contributed by atoms with Gasteiger partial charge in [0.1, 0.15) is 5.52 Å². The van der Waals surface area contributed by atoms with E-state index in [-0.39, 0.29) is 0 Å². The summed E-state index contributed by atoms with van der Waals surface area (Å²) in [5, 5.41) is 4.60. The van der Waals surface area contributed by atoms with Crippen LogP contribution in [0.1, 0.15) is 25.5 Å². The topological polar surface area (TPSA) is 64.9 Å². The molecular formula is C14H24N6. The summed E-state index contributed by atoms with van der Waals surface area (Å²) >= 11 is 0. The van der Waals surface area contributed by atoms with Crippen molar-refractivity contribution in [2.24, 2.45) is 13.0 Å². The number of imidazole rings is 1. The molecule has 2 aromatic rings. The molecule has 1 saturated heterocycles. The molecule has 1 aliphatic rings. The third-order valence-corrected chi connectivity index (χ3v) is 4.24. The predicted octanol–water partition coefficient (Wildman–Crippen LogP) is 1.26. The Hall–Kier alpha value is -1.56. The SMILES string of the molecule is CCCc1nn(C)c2c1nc(N)n2CC1CCN(C)C1. The molecule has 0 radical (unpaired) electrons. The molecule has 0 aromatic carbocycles. The number of nitrogen functional groups attached to an aromatic ring is 1. The lowest BCUT2D eigenvalue weighted by Gasteiger charge is -2.13. The van der Waals surface area contributed by atoms with Gasteiger partial charge in [0.05, 0.1) is 5.69 Å². The molecule has 20 heavy (non-hydrogen) atoms. The van der Waals surface area contributed by atoms with Crippen LogP contribution in [0.25, 0.3) is 11.2 Å². The zero-order chi connectivity index (χ0) is 14.3. The number of rotatable bonds is 4. The van der Waals surface area contributed by atoms with Gasteiger partial charge in [-0.25, -0.2) is 4.98 Å². The normalized spacial score (nSPS) is 20.2. The van der Waals surface area contributed by atoms with Gasteiger partial charge in [0, 0.05) is 20.1 Å². The number of hydrogen-bond acceptors (Lipinski definition) is 4. The zero-order valence-corrected chi connectivity index (χ0v) is 12.6. The maximum Gasteiger partial charge on any atom is 0.202 e. The van der Waals surface area contributed by atoms with E-state index in [2.05, 4.69) is 33.5 Å². The maximum atomic E-state index is 6.14. The Labute approximate surface area is 119 Å². The highest BCUT2D eigenvalue weighted by atomic mass is 15.3. The molecule has 1 aliphatic heterocycles. The summed E-state index contributed by atoms with van der Waals surface area (Å²) in [4.78, 5) is 6.93. The second kappa shape index (κ2) is 5.09. The minimum atomic E-state index is 0.625. The Morgan fingerprint density at radius 3 is 2.80 bits per heavy atom. The first-order valence-corrected chi connectivity index (χ1v) is 7.46. The number of nitrogens with zero attached hydrogens (tertiary/aromatic N) is 5. The summed E-state index contributed by atoms with van der Waals surface area (Å²) in [6.07, 6.45) is 3.27. The largest absolute Gasteiger partial charge is 0.369 e. The second-order valence-corrected chi connectivity index (χ2v) is 5.99. The van der Waals surface area contributed by atoms with E-state index in [9.17, 15) is 0 Å². The summed E-state index contributed by atoms with van der Waals surface area (Å²) in [5.74, 6) is 1.28. The van der Waals surface area contributed by atoms with Crippen molar-refractivity contribution in [2.45, 2.75) is 32.7 Å². The number of aryl methyl sites for hydroxylation is 2. The van der Waals surface area contributed by atoms with Gasteiger partial charge in [0.15, 0.2) is 5.65 Å². The third kappa shape index (κ3) is 2.18. The Balaban J connectivity index is 1.95. The molecule has 2 N–H and O–H groups in total. The van der Waals surface area contributed by atoms with Crippen molar-refractivity contribution >= 4 is 17.1 Å². The summed E-state index contributed by atoms with van der Waals surface area (Å²) in [6.45, 7) is 5.42. The highest BCUT2D eigenvalue weighted by molar-refractivity contribution is 5.77. The fourth-order valence-electron chi connectivity index (χ4n) is 3.28. The van der Waals surface area contributed by atoms with E-state index in [1.807, 2.05) is 11.7 Å². The molecule has 6 nitrogen and oxygen atoms in total. The Bertz CT molecular complexity index is 611. The van der Waals surface area contributed by atoms with Crippen LogP contribution in [0.2, 0.25) is 0 Å². The van der Waals surface area contributed by atoms with Gasteiger partial charge in [0.25, 0.3) is 0 Å². The number of aromatic nitrogens is 4. The molecular weight excluding hydrogens is 252 g/mol. The first-order valence-electron chi connectivity index (χ1n) is 7.46. The fourth-order valence-corrected chi connectivity index (χ4v) is 3.28. The zero-order valence-electron chi connectivity index (χ0n) is 12.6. The molecule has 3 rings (SSSR count). The number of hydrogen-bond donors (Lipinski definition) is 1. The van der Waals surface area contributed by atoms with E-state index in [1.54, 1.807) is 0 Å². The number of nitrogens with two attached hydrogens (primary N) is 1. The van der Waals surface area contributed by atoms with Crippen molar-refractivity contribution in [3.63, 3.8) is 0 Å². The van der Waals surface area contributed by atoms with Crippen molar-refractivity contribution < 1.29 is 0 Å². The van der Waals surface area contributed by atoms with Gasteiger partial charge in [-0.1, -0.05) is 13.3 Å². The summed E-state index contributed by atoms with van der Waals surface area (Å²) in [5.41, 5.74) is 9.26. The summed E-state index contributed by atoms with van der Waals surface area (Å²) in [7, 11) is 4.16. The molecule has 6 heteroatoms. The number of anilines is 1. The highest BCUT2D eigenvalue weighted by Gasteiger charge is 2.24. The average molecular weight is 276 g/mol. The standard InChI is InChI=1S/C14H24N6/c1-4-5-11-12-13(19(3)17-11)20(14(15)16-12)9-10-6-7-18(2)8-10/h10H,4-9H2,1-3H3,(H2,15,16). The van der Waals surface area contributed by atoms with E-state index in [0.717, 1.165) is 42.8 Å². The van der Waals surface area contributed by atoms with Crippen molar-refractivity contribution in [3.05, 3.63) is 5.69 Å². The van der Waals surface area contributed by atoms with Crippen molar-refractivity contribution in [3.8, 4) is 0 Å². The first-order chi connectivity index (χ1) is 9.60. The Kier molecular flexibility index (Phi) is 3.41. The lowest BCUT2D eigenvalue weighted by Crippen LogP contribution is -2.18. The van der Waals surface area contributed by atoms with Crippen LogP contribution in [-0.2, 0) is 20.0 Å². The van der Waals surface area contributed by atoms with Crippen LogP contribution < -0.4 is 5.73 Å². The Morgan fingerprint density at radius 1 is 1.35 bits per heavy atom. The van der Waals surface area contributed by atoms with E-state index < -0.39 is 0 Å². The molecule has 2 aromatic heterocycles. The van der Waals surface area contributed by atoms with Crippen molar-refractivity contribution in [2.75, 3.05) is 25.9 Å². The quantitative estimate of drug-likeness (QED) is 0.913. The summed E-state index contributed by atoms with van der Waals surface area (Å²) < 4.78 is 4.08. The Morgan fingerprint density at radius 2 is 2.15 bits per heavy atom. The van der Waals surface area contributed by atoms with Crippen LogP contribution in [-0.4, -0.2) is 44.4 Å². The molecule has 1 fully saturated rings. The van der Waals surface area contributed by atoms with Crippen molar-refractivity contribution in [1.29, 1.82) is 0 Å². The molecule has 1 unspecified atom stereocenters. The van der Waals surface area contributed by atoms with Crippen LogP contribution in [0.3, 0.4) is 0 Å². The van der Waals surface area contributed by atoms with Crippen LogP contribution in [0.4, 0.5) is 5.95 Å². The molecule has 0 aliphatic carbocycles. The third-order valence-electron chi connectivity index (χ3n) is 4.24. The molecule has 0 saturated carbocycles. The first kappa shape index (κ1) is 13.4. The minimum Gasteiger partial charge on any atom is -0.369 e. The lowest BCUT2D eigenvalue weighted by molar-refractivity contribution is 0.380. The van der Waals surface area contributed by atoms with Gasteiger partial charge in [-0.05, 0) is 32.4 Å². The van der Waals surface area contributed by atoms with Gasteiger partial charge >= 0.3 is 0 Å². The number of likely N-dealkylation sites (tertiary alicyclic amines) is 1. The fraction of sp³-hybridized carbons (Fsp3) is 0.714. The number of fused-ring (bicyclic) bond motifs is 1. The molecule has 0 bridgehead atoms. The van der Waals surface area contributed by atoms with Gasteiger partial charge in [-0.2, -0.15) is 5.10 Å². The van der Waals surface area contributed by atoms with E-state index in [0.29, 0.717) is 11.9 Å². The monoisotopic (exact) mass is 276 g/mol. The second-order valence-electron chi connectivity index (χ2n) is 5.99. The van der Waals surface area contributed by atoms with Crippen LogP contribution in [0.15, 0.2) is 0 Å². The molecule has 0 amide bonds. The van der Waals surface area contributed by atoms with E-state index in [1.165, 1.54) is 13.0 Å². The van der Waals surface area contributed by atoms with Crippen LogP contribution in [0, 0.1) is 5.92 Å². The predicted molar refractivity (Wildman–Crippen MR) is 80.5 cm³/mol. The van der Waals surface area contributed by atoms with Crippen molar-refractivity contribution in [1.82, 2.24) is 24.2 Å². The highest BCUT2D eigenvalue weighted by Crippen LogP contribution is 2.25. The van der Waals surface area contributed by atoms with Gasteiger partial charge < -0.3 is 10.6 Å². The minimum absolute atomic E-state index is 0.625. The van der Waals surface area contributed by atoms with Crippen LogP contribution in [0.5, 0.6) is 0 Å². The van der Waals surface area contributed by atoms with E-state index >= 15 is 0 Å². The molecule has 0 spiro atoms. The van der Waals surface area contributed by atoms with Gasteiger partial charge in [-0.3, -0.25) is 9.25 Å².